The third-order valence-electron chi connectivity index (χ3n) is 3.09. The Bertz CT molecular complexity index is 524. The van der Waals surface area contributed by atoms with Crippen molar-refractivity contribution in [3.63, 3.8) is 0 Å². The zero-order valence-electron chi connectivity index (χ0n) is 11.0. The molecule has 98 valence electrons. The number of hydrogen-bond acceptors (Lipinski definition) is 2. The van der Waals surface area contributed by atoms with Gasteiger partial charge in [-0.1, -0.05) is 48.5 Å². The average molecular weight is 254 g/mol. The maximum atomic E-state index is 10.4. The van der Waals surface area contributed by atoms with Crippen LogP contribution in [0, 0.1) is 0 Å². The zero-order valence-corrected chi connectivity index (χ0v) is 11.0. The van der Waals surface area contributed by atoms with Crippen molar-refractivity contribution in [3.05, 3.63) is 59.7 Å². The van der Waals surface area contributed by atoms with Crippen LogP contribution in [0.2, 0.25) is 0 Å². The number of aliphatic hydroxyl groups is 1. The average Bonchev–Trinajstić information content (AvgIpc) is 2.40. The van der Waals surface area contributed by atoms with Crippen LogP contribution in [0.25, 0.3) is 11.1 Å². The van der Waals surface area contributed by atoms with Gasteiger partial charge in [0.2, 0.25) is 0 Å². The lowest BCUT2D eigenvalue weighted by Gasteiger charge is -2.07. The summed E-state index contributed by atoms with van der Waals surface area (Å²) in [6.07, 6.45) is 1.75. The predicted molar refractivity (Wildman–Crippen MR) is 77.0 cm³/mol. The SMILES string of the molecule is CC(O)Cc1ccc(-c2ccc(CC=O)cc2)cc1. The summed E-state index contributed by atoms with van der Waals surface area (Å²) in [6.45, 7) is 1.79. The first-order valence-corrected chi connectivity index (χ1v) is 6.49. The lowest BCUT2D eigenvalue weighted by Crippen LogP contribution is -2.03. The van der Waals surface area contributed by atoms with Gasteiger partial charge in [0.15, 0.2) is 0 Å². The van der Waals surface area contributed by atoms with Gasteiger partial charge in [-0.2, -0.15) is 0 Å². The molecule has 2 aromatic rings. The van der Waals surface area contributed by atoms with Crippen LogP contribution in [-0.4, -0.2) is 17.5 Å². The topological polar surface area (TPSA) is 37.3 Å². The van der Waals surface area contributed by atoms with Gasteiger partial charge in [-0.3, -0.25) is 0 Å². The molecule has 0 spiro atoms. The van der Waals surface area contributed by atoms with E-state index < -0.39 is 0 Å². The highest BCUT2D eigenvalue weighted by molar-refractivity contribution is 5.65. The molecule has 2 nitrogen and oxygen atoms in total. The van der Waals surface area contributed by atoms with E-state index in [-0.39, 0.29) is 6.10 Å². The molecule has 2 heteroatoms. The molecule has 2 rings (SSSR count). The molecule has 2 aromatic carbocycles. The Morgan fingerprint density at radius 1 is 0.947 bits per heavy atom. The van der Waals surface area contributed by atoms with Crippen molar-refractivity contribution in [2.45, 2.75) is 25.9 Å². The van der Waals surface area contributed by atoms with Crippen LogP contribution in [0.4, 0.5) is 0 Å². The van der Waals surface area contributed by atoms with E-state index >= 15 is 0 Å². The van der Waals surface area contributed by atoms with Gasteiger partial charge in [0.1, 0.15) is 6.29 Å². The van der Waals surface area contributed by atoms with E-state index in [4.69, 9.17) is 0 Å². The molecule has 0 aliphatic rings. The minimum absolute atomic E-state index is 0.312. The molecule has 1 N–H and O–H groups in total. The summed E-state index contributed by atoms with van der Waals surface area (Å²) in [5, 5.41) is 9.34. The summed E-state index contributed by atoms with van der Waals surface area (Å²) in [5.74, 6) is 0. The van der Waals surface area contributed by atoms with E-state index in [0.717, 1.165) is 28.5 Å². The minimum Gasteiger partial charge on any atom is -0.393 e. The van der Waals surface area contributed by atoms with E-state index in [0.29, 0.717) is 12.8 Å². The maximum Gasteiger partial charge on any atom is 0.124 e. The van der Waals surface area contributed by atoms with Crippen molar-refractivity contribution in [3.8, 4) is 11.1 Å². The molecule has 0 fully saturated rings. The predicted octanol–water partition coefficient (Wildman–Crippen LogP) is 3.02. The Labute approximate surface area is 113 Å². The van der Waals surface area contributed by atoms with E-state index in [1.54, 1.807) is 6.92 Å². The molecule has 0 aliphatic carbocycles. The summed E-state index contributed by atoms with van der Waals surface area (Å²) in [6, 6.07) is 16.2. The van der Waals surface area contributed by atoms with Crippen molar-refractivity contribution in [1.29, 1.82) is 0 Å². The molecule has 0 radical (unpaired) electrons. The number of carbonyl (C=O) groups excluding carboxylic acids is 1. The fourth-order valence-corrected chi connectivity index (χ4v) is 2.10. The highest BCUT2D eigenvalue weighted by Crippen LogP contribution is 2.20. The molecule has 0 aromatic heterocycles. The first kappa shape index (κ1) is 13.5. The van der Waals surface area contributed by atoms with Crippen LogP contribution < -0.4 is 0 Å². The summed E-state index contributed by atoms with van der Waals surface area (Å²) < 4.78 is 0. The van der Waals surface area contributed by atoms with Gasteiger partial charge in [-0.15, -0.1) is 0 Å². The largest absolute Gasteiger partial charge is 0.393 e. The quantitative estimate of drug-likeness (QED) is 0.833. The zero-order chi connectivity index (χ0) is 13.7. The summed E-state index contributed by atoms with van der Waals surface area (Å²) in [4.78, 5) is 10.4. The summed E-state index contributed by atoms with van der Waals surface area (Å²) in [5.41, 5.74) is 4.45. The normalized spacial score (nSPS) is 12.1. The molecule has 0 bridgehead atoms. The Balaban J connectivity index is 2.15. The molecule has 1 unspecified atom stereocenters. The molecular weight excluding hydrogens is 236 g/mol. The van der Waals surface area contributed by atoms with Gasteiger partial charge in [0.05, 0.1) is 6.10 Å². The van der Waals surface area contributed by atoms with Gasteiger partial charge >= 0.3 is 0 Å². The second-order valence-electron chi connectivity index (χ2n) is 4.82. The third-order valence-corrected chi connectivity index (χ3v) is 3.09. The van der Waals surface area contributed by atoms with Crippen molar-refractivity contribution in [2.24, 2.45) is 0 Å². The summed E-state index contributed by atoms with van der Waals surface area (Å²) in [7, 11) is 0. The molecule has 0 saturated carbocycles. The number of aliphatic hydroxyl groups excluding tert-OH is 1. The monoisotopic (exact) mass is 254 g/mol. The number of carbonyl (C=O) groups is 1. The van der Waals surface area contributed by atoms with Crippen LogP contribution in [0.15, 0.2) is 48.5 Å². The highest BCUT2D eigenvalue weighted by Gasteiger charge is 2.01. The van der Waals surface area contributed by atoms with Crippen LogP contribution >= 0.6 is 0 Å². The van der Waals surface area contributed by atoms with Gasteiger partial charge in [-0.05, 0) is 35.6 Å². The molecule has 0 saturated heterocycles. The molecule has 0 aliphatic heterocycles. The van der Waals surface area contributed by atoms with Crippen molar-refractivity contribution in [2.75, 3.05) is 0 Å². The number of hydrogen-bond donors (Lipinski definition) is 1. The van der Waals surface area contributed by atoms with Crippen molar-refractivity contribution < 1.29 is 9.90 Å². The Hall–Kier alpha value is -1.93. The van der Waals surface area contributed by atoms with Crippen molar-refractivity contribution >= 4 is 6.29 Å². The number of benzene rings is 2. The van der Waals surface area contributed by atoms with Gasteiger partial charge in [0, 0.05) is 6.42 Å². The Kier molecular flexibility index (Phi) is 4.48. The molecule has 0 heterocycles. The second kappa shape index (κ2) is 6.30. The summed E-state index contributed by atoms with van der Waals surface area (Å²) >= 11 is 0. The van der Waals surface area contributed by atoms with E-state index in [1.165, 1.54) is 0 Å². The lowest BCUT2D eigenvalue weighted by molar-refractivity contribution is -0.107. The fraction of sp³-hybridized carbons (Fsp3) is 0.235. The van der Waals surface area contributed by atoms with Crippen LogP contribution in [0.1, 0.15) is 18.1 Å². The maximum absolute atomic E-state index is 10.4. The van der Waals surface area contributed by atoms with Gasteiger partial charge in [-0.25, -0.2) is 0 Å². The molecule has 0 amide bonds. The number of aldehydes is 1. The molecule has 19 heavy (non-hydrogen) atoms. The fourth-order valence-electron chi connectivity index (χ4n) is 2.10. The van der Waals surface area contributed by atoms with E-state index in [9.17, 15) is 9.90 Å². The lowest BCUT2D eigenvalue weighted by atomic mass is 10.0. The highest BCUT2D eigenvalue weighted by atomic mass is 16.3. The Morgan fingerprint density at radius 2 is 1.42 bits per heavy atom. The standard InChI is InChI=1S/C17H18O2/c1-13(19)12-15-4-8-17(9-5-15)16-6-2-14(3-7-16)10-11-18/h2-9,11,13,19H,10,12H2,1H3. The Morgan fingerprint density at radius 3 is 1.84 bits per heavy atom. The number of rotatable bonds is 5. The molecule has 1 atom stereocenters. The van der Waals surface area contributed by atoms with Gasteiger partial charge < -0.3 is 9.90 Å². The van der Waals surface area contributed by atoms with Gasteiger partial charge in [0.25, 0.3) is 0 Å². The van der Waals surface area contributed by atoms with Crippen LogP contribution in [-0.2, 0) is 17.6 Å². The first-order chi connectivity index (χ1) is 9.19. The van der Waals surface area contributed by atoms with Crippen LogP contribution in [0.3, 0.4) is 0 Å². The van der Waals surface area contributed by atoms with Crippen LogP contribution in [0.5, 0.6) is 0 Å². The van der Waals surface area contributed by atoms with E-state index in [2.05, 4.69) is 12.1 Å². The second-order valence-corrected chi connectivity index (χ2v) is 4.82. The minimum atomic E-state index is -0.312. The molecular formula is C17H18O2. The first-order valence-electron chi connectivity index (χ1n) is 6.49. The third kappa shape index (κ3) is 3.76. The smallest absolute Gasteiger partial charge is 0.124 e. The van der Waals surface area contributed by atoms with Crippen molar-refractivity contribution in [1.82, 2.24) is 0 Å². The van der Waals surface area contributed by atoms with E-state index in [1.807, 2.05) is 36.4 Å².